The van der Waals surface area contributed by atoms with Crippen molar-refractivity contribution < 1.29 is 19.2 Å². The second-order valence-electron chi connectivity index (χ2n) is 20.9. The molecular weight excluding hydrogens is 941 g/mol. The predicted molar refractivity (Wildman–Crippen MR) is 302 cm³/mol. The van der Waals surface area contributed by atoms with E-state index in [-0.39, 0.29) is 35.5 Å². The molecule has 0 saturated heterocycles. The maximum absolute atomic E-state index is 15.1. The molecule has 10 heteroatoms. The first-order valence-corrected chi connectivity index (χ1v) is 30.6. The number of rotatable bonds is 26. The van der Waals surface area contributed by atoms with Crippen molar-refractivity contribution in [3.05, 3.63) is 67.4 Å². The number of aryl methyl sites for hydroxylation is 2. The summed E-state index contributed by atoms with van der Waals surface area (Å²) in [6, 6.07) is 9.82. The van der Waals surface area contributed by atoms with E-state index in [2.05, 4.69) is 86.6 Å². The molecule has 4 atom stereocenters. The third kappa shape index (κ3) is 10.0. The fourth-order valence-corrected chi connectivity index (χ4v) is 16.6. The van der Waals surface area contributed by atoms with Gasteiger partial charge in [-0.05, 0) is 97.2 Å². The summed E-state index contributed by atoms with van der Waals surface area (Å²) in [5.74, 6) is 0.702. The lowest BCUT2D eigenvalue weighted by Gasteiger charge is -2.22. The van der Waals surface area contributed by atoms with E-state index in [0.29, 0.717) is 56.9 Å². The van der Waals surface area contributed by atoms with Crippen LogP contribution in [0.1, 0.15) is 220 Å². The molecule has 0 saturated carbocycles. The van der Waals surface area contributed by atoms with Crippen LogP contribution in [0.25, 0.3) is 50.5 Å². The zero-order valence-corrected chi connectivity index (χ0v) is 47.2. The van der Waals surface area contributed by atoms with Gasteiger partial charge in [0.2, 0.25) is 0 Å². The normalized spacial score (nSPS) is 15.7. The third-order valence-corrected chi connectivity index (χ3v) is 21.0. The SMILES string of the molecule is CCCCC(CC)Cc1cc2c(cc1CC(CC)CCCC)c1cc(-c3sc(-c4sc(C)c5c4C(=O)N(CC(CC)CCCC)C5=O)c4c3C(=O)N(CC(CC)CCCC)C4=O)sc1c1sc(C)cc21. The van der Waals surface area contributed by atoms with Gasteiger partial charge in [0, 0.05) is 38.5 Å². The number of fused-ring (bicyclic) bond motifs is 8. The van der Waals surface area contributed by atoms with Crippen LogP contribution in [-0.2, 0) is 12.8 Å². The largest absolute Gasteiger partial charge is 0.274 e. The highest BCUT2D eigenvalue weighted by atomic mass is 32.1. The van der Waals surface area contributed by atoms with Gasteiger partial charge in [0.25, 0.3) is 23.6 Å². The molecule has 6 aromatic rings. The quantitative estimate of drug-likeness (QED) is 0.0507. The molecule has 2 aliphatic heterocycles. The first kappa shape index (κ1) is 52.6. The molecule has 6 heterocycles. The Morgan fingerprint density at radius 3 is 1.30 bits per heavy atom. The minimum atomic E-state index is -0.274. The van der Waals surface area contributed by atoms with E-state index >= 15 is 9.59 Å². The number of benzene rings is 2. The molecule has 0 bridgehead atoms. The van der Waals surface area contributed by atoms with Gasteiger partial charge in [-0.15, -0.1) is 45.3 Å². The second kappa shape index (κ2) is 23.0. The Kier molecular flexibility index (Phi) is 17.3. The Balaban J connectivity index is 1.33. The number of carbonyl (C=O) groups excluding carboxylic acids is 4. The van der Waals surface area contributed by atoms with E-state index in [4.69, 9.17) is 0 Å². The Labute approximate surface area is 434 Å². The maximum Gasteiger partial charge on any atom is 0.263 e. The first-order chi connectivity index (χ1) is 33.9. The molecule has 6 nitrogen and oxygen atoms in total. The topological polar surface area (TPSA) is 74.8 Å². The summed E-state index contributed by atoms with van der Waals surface area (Å²) in [5, 5.41) is 5.09. The van der Waals surface area contributed by atoms with Crippen LogP contribution in [0.2, 0.25) is 0 Å². The summed E-state index contributed by atoms with van der Waals surface area (Å²) < 4.78 is 2.50. The lowest BCUT2D eigenvalue weighted by molar-refractivity contribution is 0.0608. The van der Waals surface area contributed by atoms with Gasteiger partial charge in [-0.3, -0.25) is 29.0 Å². The Morgan fingerprint density at radius 1 is 0.429 bits per heavy atom. The van der Waals surface area contributed by atoms with Crippen molar-refractivity contribution in [2.75, 3.05) is 13.1 Å². The van der Waals surface area contributed by atoms with Gasteiger partial charge in [0.05, 0.1) is 46.3 Å². The number of hydrogen-bond acceptors (Lipinski definition) is 8. The molecule has 4 unspecified atom stereocenters. The van der Waals surface area contributed by atoms with E-state index in [1.54, 1.807) is 11.3 Å². The predicted octanol–water partition coefficient (Wildman–Crippen LogP) is 18.5. The molecule has 70 heavy (non-hydrogen) atoms. The van der Waals surface area contributed by atoms with Crippen LogP contribution in [0, 0.1) is 37.5 Å². The van der Waals surface area contributed by atoms with Crippen molar-refractivity contribution in [2.45, 2.75) is 185 Å². The lowest BCUT2D eigenvalue weighted by atomic mass is 9.83. The average Bonchev–Trinajstić information content (AvgIpc) is 4.21. The van der Waals surface area contributed by atoms with E-state index in [9.17, 15) is 9.59 Å². The minimum absolute atomic E-state index is 0.200. The third-order valence-electron chi connectivity index (χ3n) is 16.0. The highest BCUT2D eigenvalue weighted by Gasteiger charge is 2.47. The van der Waals surface area contributed by atoms with Crippen molar-refractivity contribution >= 4 is 99.9 Å². The molecule has 0 N–H and O–H groups in total. The van der Waals surface area contributed by atoms with Crippen molar-refractivity contribution in [2.24, 2.45) is 23.7 Å². The highest BCUT2D eigenvalue weighted by Crippen LogP contribution is 2.55. The van der Waals surface area contributed by atoms with E-state index in [0.717, 1.165) is 78.8 Å². The minimum Gasteiger partial charge on any atom is -0.274 e. The summed E-state index contributed by atoms with van der Waals surface area (Å²) in [6.45, 7) is 22.9. The number of unbranched alkanes of at least 4 members (excludes halogenated alkanes) is 4. The number of nitrogens with zero attached hydrogens (tertiary/aromatic N) is 2. The van der Waals surface area contributed by atoms with Gasteiger partial charge in [-0.1, -0.05) is 157 Å². The van der Waals surface area contributed by atoms with Crippen LogP contribution < -0.4 is 0 Å². The van der Waals surface area contributed by atoms with Crippen LogP contribution in [0.15, 0.2) is 24.3 Å². The number of imide groups is 2. The molecule has 0 fully saturated rings. The maximum atomic E-state index is 15.1. The van der Waals surface area contributed by atoms with Crippen LogP contribution in [-0.4, -0.2) is 46.5 Å². The van der Waals surface area contributed by atoms with E-state index < -0.39 is 0 Å². The number of hydrogen-bond donors (Lipinski definition) is 0. The van der Waals surface area contributed by atoms with Crippen molar-refractivity contribution in [1.29, 1.82) is 0 Å². The van der Waals surface area contributed by atoms with Crippen LogP contribution in [0.4, 0.5) is 0 Å². The van der Waals surface area contributed by atoms with E-state index in [1.165, 1.54) is 131 Å². The first-order valence-electron chi connectivity index (χ1n) is 27.3. The molecule has 0 aliphatic carbocycles. The monoisotopic (exact) mass is 1020 g/mol. The highest BCUT2D eigenvalue weighted by molar-refractivity contribution is 7.32. The molecule has 4 amide bonds. The molecule has 2 aromatic carbocycles. The zero-order chi connectivity index (χ0) is 50.0. The standard InChI is InChI=1S/C60H78N2O4S4/c1-11-19-23-37(15-5)28-41-30-43-44(31-42(41)29-38(16-6)24-20-12-2)46-32-47(69-53(46)52-45(43)27-35(9)67-52)54-50-51(60(66)62(59(50)65)34-40(18-8)26-22-14-4)56(70-54)55-49-48(36(10)68-55)57(63)61(58(49)64)33-39(17-7)25-21-13-3/h27,30-32,37-40H,11-26,28-29,33-34H2,1-10H3. The fraction of sp³-hybridized carbons (Fsp3) is 0.567. The molecular formula is C60H78N2O4S4. The summed E-state index contributed by atoms with van der Waals surface area (Å²) >= 11 is 6.49. The zero-order valence-electron chi connectivity index (χ0n) is 43.9. The van der Waals surface area contributed by atoms with Crippen molar-refractivity contribution in [1.82, 2.24) is 9.80 Å². The molecule has 0 radical (unpaired) electrons. The molecule has 4 aromatic heterocycles. The fourth-order valence-electron chi connectivity index (χ4n) is 11.5. The summed E-state index contributed by atoms with van der Waals surface area (Å²) in [6.07, 6.45) is 19.9. The Morgan fingerprint density at radius 2 is 0.829 bits per heavy atom. The summed E-state index contributed by atoms with van der Waals surface area (Å²) in [4.78, 5) is 67.2. The Hall–Kier alpha value is -3.70. The van der Waals surface area contributed by atoms with Crippen LogP contribution >= 0.6 is 45.3 Å². The number of thiophene rings is 4. The summed E-state index contributed by atoms with van der Waals surface area (Å²) in [5.41, 5.74) is 4.74. The van der Waals surface area contributed by atoms with Crippen molar-refractivity contribution in [3.63, 3.8) is 0 Å². The molecule has 8 rings (SSSR count). The van der Waals surface area contributed by atoms with Crippen LogP contribution in [0.3, 0.4) is 0 Å². The molecule has 0 spiro atoms. The lowest BCUT2D eigenvalue weighted by Crippen LogP contribution is -2.35. The number of amides is 4. The van der Waals surface area contributed by atoms with Gasteiger partial charge in [-0.2, -0.15) is 0 Å². The summed E-state index contributed by atoms with van der Waals surface area (Å²) in [7, 11) is 0. The second-order valence-corrected chi connectivity index (χ2v) is 25.4. The van der Waals surface area contributed by atoms with Gasteiger partial charge < -0.3 is 0 Å². The van der Waals surface area contributed by atoms with E-state index in [1.807, 2.05) is 18.3 Å². The smallest absolute Gasteiger partial charge is 0.263 e. The molecule has 2 aliphatic rings. The van der Waals surface area contributed by atoms with Gasteiger partial charge >= 0.3 is 0 Å². The number of carbonyl (C=O) groups is 4. The van der Waals surface area contributed by atoms with Crippen LogP contribution in [0.5, 0.6) is 0 Å². The van der Waals surface area contributed by atoms with Gasteiger partial charge in [0.15, 0.2) is 0 Å². The average molecular weight is 1020 g/mol. The Bertz CT molecular complexity index is 2890. The molecule has 376 valence electrons. The van der Waals surface area contributed by atoms with Crippen molar-refractivity contribution in [3.8, 4) is 19.5 Å². The van der Waals surface area contributed by atoms with Gasteiger partial charge in [0.1, 0.15) is 0 Å². The van der Waals surface area contributed by atoms with Gasteiger partial charge in [-0.25, -0.2) is 0 Å².